The number of hydrogen-bond acceptors (Lipinski definition) is 10. The van der Waals surface area contributed by atoms with Crippen LogP contribution in [0.1, 0.15) is 121 Å². The highest BCUT2D eigenvalue weighted by Gasteiger charge is 2.59. The second-order valence-corrected chi connectivity index (χ2v) is 19.1. The van der Waals surface area contributed by atoms with E-state index in [2.05, 4.69) is 4.90 Å². The minimum atomic E-state index is -0.744. The van der Waals surface area contributed by atoms with Crippen molar-refractivity contribution >= 4 is 45.9 Å². The summed E-state index contributed by atoms with van der Waals surface area (Å²) in [5, 5.41) is 1.19. The van der Waals surface area contributed by atoms with E-state index in [0.717, 1.165) is 115 Å². The molecule has 58 heavy (non-hydrogen) atoms. The van der Waals surface area contributed by atoms with Gasteiger partial charge in [0.15, 0.2) is 5.78 Å². The van der Waals surface area contributed by atoms with Crippen LogP contribution in [-0.2, 0) is 28.7 Å². The Bertz CT molecular complexity index is 1890. The average Bonchev–Trinajstić information content (AvgIpc) is 4.18. The summed E-state index contributed by atoms with van der Waals surface area (Å²) in [5.74, 6) is 2.00. The summed E-state index contributed by atoms with van der Waals surface area (Å²) in [4.78, 5) is 64.9. The number of carbonyl (C=O) groups excluding carboxylic acids is 4. The molecule has 1 aromatic heterocycles. The zero-order valence-electron chi connectivity index (χ0n) is 34.1. The lowest BCUT2D eigenvalue weighted by Gasteiger charge is -2.29. The number of ether oxygens (including phenoxy) is 4. The van der Waals surface area contributed by atoms with Crippen LogP contribution in [0.5, 0.6) is 11.5 Å². The summed E-state index contributed by atoms with van der Waals surface area (Å²) in [6.45, 7) is 6.31. The molecule has 12 heteroatoms. The SMILES string of the molecule is CC(=O)[C@]12CC(=O)[C@@H]3C[C@@H](Oc4cc(C5CC5)nc5c(Cl)c(OCCN6CCOCC6)ccc45)CN3C(=O)[C@@H](CC(=O)OC3CC4CC4C3)CCCCCCC[C@@H]1C2. The minimum Gasteiger partial charge on any atom is -0.491 e. The second kappa shape index (κ2) is 17.0. The number of halogens is 1. The first-order valence-electron chi connectivity index (χ1n) is 22.4. The first-order valence-corrected chi connectivity index (χ1v) is 22.8. The van der Waals surface area contributed by atoms with Gasteiger partial charge in [0, 0.05) is 66.9 Å². The predicted octanol–water partition coefficient (Wildman–Crippen LogP) is 7.47. The van der Waals surface area contributed by atoms with E-state index in [1.165, 1.54) is 6.42 Å². The highest BCUT2D eigenvalue weighted by Crippen LogP contribution is 2.59. The molecule has 0 radical (unpaired) electrons. The number of aromatic nitrogens is 1. The van der Waals surface area contributed by atoms with Crippen LogP contribution < -0.4 is 9.47 Å². The summed E-state index contributed by atoms with van der Waals surface area (Å²) >= 11 is 7.05. The van der Waals surface area contributed by atoms with E-state index >= 15 is 0 Å². The standard InChI is InChI=1S/C46H60ClN3O8/c1-28(51)46-25-33(46)8-6-4-2-3-5-7-30(22-42(53)58-34-20-31-19-32(31)21-34)45(54)50-27-35(23-38(50)39(52)26-46)57-41-24-37(29-9-10-29)48-44-36(41)11-12-40(43(44)47)56-18-15-49-13-16-55-17-14-49/h11-12,24,29-35,38H,2-10,13-23,25-27H2,1H3/t30-,31?,32?,33-,34?,35-,38+,46+/m1/s1. The van der Waals surface area contributed by atoms with Crippen LogP contribution in [0.2, 0.25) is 5.02 Å². The van der Waals surface area contributed by atoms with Gasteiger partial charge in [-0.15, -0.1) is 0 Å². The van der Waals surface area contributed by atoms with E-state index < -0.39 is 23.5 Å². The maximum atomic E-state index is 14.8. The van der Waals surface area contributed by atoms with Gasteiger partial charge in [-0.2, -0.15) is 0 Å². The lowest BCUT2D eigenvalue weighted by atomic mass is 9.87. The van der Waals surface area contributed by atoms with E-state index in [0.29, 0.717) is 59.2 Å². The molecule has 2 aromatic rings. The predicted molar refractivity (Wildman–Crippen MR) is 218 cm³/mol. The quantitative estimate of drug-likeness (QED) is 0.211. The van der Waals surface area contributed by atoms with Crippen LogP contribution >= 0.6 is 11.6 Å². The van der Waals surface area contributed by atoms with Gasteiger partial charge in [-0.05, 0) is 88.2 Å². The fourth-order valence-corrected chi connectivity index (χ4v) is 11.0. The molecule has 7 aliphatic rings. The van der Waals surface area contributed by atoms with E-state index in [-0.39, 0.29) is 54.9 Å². The molecule has 1 amide bonds. The fourth-order valence-electron chi connectivity index (χ4n) is 10.8. The van der Waals surface area contributed by atoms with E-state index in [9.17, 15) is 19.2 Å². The summed E-state index contributed by atoms with van der Waals surface area (Å²) < 4.78 is 24.5. The van der Waals surface area contributed by atoms with E-state index in [1.54, 1.807) is 11.8 Å². The number of Topliss-reactive ketones (excluding diaryl/α,β-unsaturated/α-hetero) is 2. The largest absolute Gasteiger partial charge is 0.491 e. The lowest BCUT2D eigenvalue weighted by molar-refractivity contribution is -0.154. The molecule has 9 rings (SSSR count). The Kier molecular flexibility index (Phi) is 11.8. The van der Waals surface area contributed by atoms with Crippen molar-refractivity contribution in [2.24, 2.45) is 29.1 Å². The van der Waals surface area contributed by atoms with Gasteiger partial charge < -0.3 is 23.8 Å². The Hall–Kier alpha value is -3.28. The van der Waals surface area contributed by atoms with Crippen LogP contribution in [0.3, 0.4) is 0 Å². The normalized spacial score (nSPS) is 33.1. The summed E-state index contributed by atoms with van der Waals surface area (Å²) in [6.07, 6.45) is 12.3. The zero-order chi connectivity index (χ0) is 40.0. The molecule has 0 bridgehead atoms. The number of rotatable bonds is 11. The highest BCUT2D eigenvalue weighted by molar-refractivity contribution is 6.36. The maximum Gasteiger partial charge on any atom is 0.306 e. The molecular formula is C46H60ClN3O8. The third-order valence-corrected chi connectivity index (χ3v) is 15.0. The molecule has 314 valence electrons. The number of carbonyl (C=O) groups is 4. The van der Waals surface area contributed by atoms with Gasteiger partial charge in [-0.25, -0.2) is 0 Å². The van der Waals surface area contributed by atoms with Crippen LogP contribution in [0, 0.1) is 29.1 Å². The zero-order valence-corrected chi connectivity index (χ0v) is 34.9. The number of esters is 1. The second-order valence-electron chi connectivity index (χ2n) is 18.7. The van der Waals surface area contributed by atoms with E-state index in [1.807, 2.05) is 18.2 Å². The topological polar surface area (TPSA) is 125 Å². The number of amides is 1. The Morgan fingerprint density at radius 3 is 2.45 bits per heavy atom. The van der Waals surface area contributed by atoms with Gasteiger partial charge in [-0.1, -0.05) is 43.7 Å². The molecule has 7 atom stereocenters. The first kappa shape index (κ1) is 40.1. The van der Waals surface area contributed by atoms with Gasteiger partial charge in [0.2, 0.25) is 5.91 Å². The average molecular weight is 818 g/mol. The third kappa shape index (κ3) is 8.78. The third-order valence-electron chi connectivity index (χ3n) is 14.6. The van der Waals surface area contributed by atoms with Gasteiger partial charge in [0.25, 0.3) is 0 Å². The molecule has 2 unspecified atom stereocenters. The van der Waals surface area contributed by atoms with Crippen molar-refractivity contribution < 1.29 is 38.1 Å². The molecule has 0 spiro atoms. The molecular weight excluding hydrogens is 758 g/mol. The van der Waals surface area contributed by atoms with Crippen molar-refractivity contribution in [3.8, 4) is 11.5 Å². The van der Waals surface area contributed by atoms with Crippen molar-refractivity contribution in [3.05, 3.63) is 28.9 Å². The Morgan fingerprint density at radius 1 is 0.931 bits per heavy atom. The fraction of sp³-hybridized carbons (Fsp3) is 0.717. The van der Waals surface area contributed by atoms with Crippen molar-refractivity contribution in [2.75, 3.05) is 46.0 Å². The number of ketones is 2. The lowest BCUT2D eigenvalue weighted by Crippen LogP contribution is -2.45. The molecule has 3 aliphatic heterocycles. The van der Waals surface area contributed by atoms with Crippen molar-refractivity contribution in [1.82, 2.24) is 14.8 Å². The summed E-state index contributed by atoms with van der Waals surface area (Å²) in [7, 11) is 0. The monoisotopic (exact) mass is 817 g/mol. The van der Waals surface area contributed by atoms with E-state index in [4.69, 9.17) is 35.5 Å². The van der Waals surface area contributed by atoms with Crippen LogP contribution in [0.15, 0.2) is 18.2 Å². The molecule has 4 aliphatic carbocycles. The Balaban J connectivity index is 0.966. The molecule has 4 heterocycles. The number of nitrogens with zero attached hydrogens (tertiary/aromatic N) is 3. The highest BCUT2D eigenvalue weighted by atomic mass is 35.5. The molecule has 1 aromatic carbocycles. The summed E-state index contributed by atoms with van der Waals surface area (Å²) in [5.41, 5.74) is 0.886. The molecule has 11 nitrogen and oxygen atoms in total. The number of hydrogen-bond donors (Lipinski definition) is 0. The minimum absolute atomic E-state index is 0.0160. The van der Waals surface area contributed by atoms with Gasteiger partial charge >= 0.3 is 5.97 Å². The van der Waals surface area contributed by atoms with Crippen molar-refractivity contribution in [3.63, 3.8) is 0 Å². The molecule has 7 fully saturated rings. The van der Waals surface area contributed by atoms with Crippen molar-refractivity contribution in [2.45, 2.75) is 134 Å². The smallest absolute Gasteiger partial charge is 0.306 e. The van der Waals surface area contributed by atoms with Gasteiger partial charge in [-0.3, -0.25) is 29.1 Å². The van der Waals surface area contributed by atoms with Crippen LogP contribution in [0.4, 0.5) is 0 Å². The maximum absolute atomic E-state index is 14.8. The Morgan fingerprint density at radius 2 is 1.69 bits per heavy atom. The van der Waals surface area contributed by atoms with Gasteiger partial charge in [0.1, 0.15) is 41.1 Å². The Labute approximate surface area is 347 Å². The molecule has 3 saturated heterocycles. The summed E-state index contributed by atoms with van der Waals surface area (Å²) in [6, 6.07) is 5.06. The number of morpholine rings is 1. The van der Waals surface area contributed by atoms with Gasteiger partial charge in [0.05, 0.1) is 37.7 Å². The number of benzene rings is 1. The number of pyridine rings is 1. The van der Waals surface area contributed by atoms with Crippen LogP contribution in [0.25, 0.3) is 10.9 Å². The van der Waals surface area contributed by atoms with Crippen molar-refractivity contribution in [1.29, 1.82) is 0 Å². The first-order chi connectivity index (χ1) is 28.1. The van der Waals surface area contributed by atoms with Crippen LogP contribution in [-0.4, -0.2) is 102 Å². The molecule has 0 N–H and O–H groups in total. The molecule has 4 saturated carbocycles. The number of fused-ring (bicyclic) bond motifs is 4.